The van der Waals surface area contributed by atoms with Crippen LogP contribution in [0.15, 0.2) is 95.5 Å². The van der Waals surface area contributed by atoms with E-state index in [0.29, 0.717) is 11.1 Å². The minimum absolute atomic E-state index is 0.281. The first kappa shape index (κ1) is 22.2. The van der Waals surface area contributed by atoms with Gasteiger partial charge in [-0.2, -0.15) is 0 Å². The maximum atomic E-state index is 15.5. The van der Waals surface area contributed by atoms with Gasteiger partial charge in [0, 0.05) is 22.9 Å². The average Bonchev–Trinajstić information content (AvgIpc) is 3.24. The van der Waals surface area contributed by atoms with Crippen molar-refractivity contribution in [2.45, 2.75) is 20.8 Å². The Hall–Kier alpha value is -4.24. The van der Waals surface area contributed by atoms with Gasteiger partial charge in [0.1, 0.15) is 24.0 Å². The zero-order valence-electron chi connectivity index (χ0n) is 20.9. The molecule has 0 unspecified atom stereocenters. The molecule has 2 aromatic heterocycles. The number of nitrogens with zero attached hydrogens (tertiary/aromatic N) is 1. The molecule has 0 aliphatic heterocycles. The van der Waals surface area contributed by atoms with Gasteiger partial charge in [-0.3, -0.25) is 0 Å². The lowest BCUT2D eigenvalue weighted by molar-refractivity contribution is -0.660. The van der Waals surface area contributed by atoms with E-state index < -0.39 is 0 Å². The molecule has 0 fully saturated rings. The third-order valence-electron chi connectivity index (χ3n) is 7.16. The molecule has 0 aliphatic rings. The molecule has 0 bridgehead atoms. The average molecular weight is 473 g/mol. The van der Waals surface area contributed by atoms with Crippen LogP contribution in [0.5, 0.6) is 0 Å². The van der Waals surface area contributed by atoms with Gasteiger partial charge in [0.2, 0.25) is 5.69 Å². The monoisotopic (exact) mass is 472 g/mol. The van der Waals surface area contributed by atoms with Crippen LogP contribution in [-0.4, -0.2) is 0 Å². The summed E-state index contributed by atoms with van der Waals surface area (Å²) in [5.41, 5.74) is 10.4. The molecule has 176 valence electrons. The summed E-state index contributed by atoms with van der Waals surface area (Å²) >= 11 is 0. The van der Waals surface area contributed by atoms with Crippen molar-refractivity contribution in [2.75, 3.05) is 0 Å². The Morgan fingerprint density at radius 1 is 0.667 bits per heavy atom. The molecule has 0 amide bonds. The Morgan fingerprint density at radius 3 is 2.08 bits per heavy atom. The summed E-state index contributed by atoms with van der Waals surface area (Å²) in [6.45, 7) is 6.21. The van der Waals surface area contributed by atoms with Crippen molar-refractivity contribution in [3.05, 3.63) is 114 Å². The number of furan rings is 1. The fraction of sp³-hybridized carbons (Fsp3) is 0.121. The first-order chi connectivity index (χ1) is 17.4. The molecule has 6 aromatic rings. The molecule has 0 N–H and O–H groups in total. The van der Waals surface area contributed by atoms with E-state index in [1.54, 1.807) is 6.07 Å². The number of hydrogen-bond acceptors (Lipinski definition) is 1. The molecule has 0 saturated carbocycles. The first-order valence-electron chi connectivity index (χ1n) is 12.2. The quantitative estimate of drug-likeness (QED) is 0.236. The Bertz CT molecular complexity index is 1780. The summed E-state index contributed by atoms with van der Waals surface area (Å²) in [5, 5.41) is 1.91. The first-order valence-corrected chi connectivity index (χ1v) is 12.2. The van der Waals surface area contributed by atoms with Crippen LogP contribution in [0.3, 0.4) is 0 Å². The van der Waals surface area contributed by atoms with E-state index >= 15 is 4.39 Å². The lowest BCUT2D eigenvalue weighted by Crippen LogP contribution is -2.30. The van der Waals surface area contributed by atoms with Gasteiger partial charge >= 0.3 is 0 Å². The lowest BCUT2D eigenvalue weighted by atomic mass is 9.94. The summed E-state index contributed by atoms with van der Waals surface area (Å²) in [6, 6.07) is 28.4. The van der Waals surface area contributed by atoms with Crippen LogP contribution >= 0.6 is 0 Å². The Kier molecular flexibility index (Phi) is 5.22. The summed E-state index contributed by atoms with van der Waals surface area (Å²) in [4.78, 5) is 0. The highest BCUT2D eigenvalue weighted by atomic mass is 19.1. The van der Waals surface area contributed by atoms with Gasteiger partial charge < -0.3 is 4.42 Å². The van der Waals surface area contributed by atoms with Crippen molar-refractivity contribution < 1.29 is 13.4 Å². The highest BCUT2D eigenvalue weighted by Crippen LogP contribution is 2.42. The van der Waals surface area contributed by atoms with Crippen molar-refractivity contribution in [3.63, 3.8) is 0 Å². The topological polar surface area (TPSA) is 17.0 Å². The van der Waals surface area contributed by atoms with E-state index in [-0.39, 0.29) is 5.82 Å². The molecule has 0 spiro atoms. The molecular weight excluding hydrogens is 445 g/mol. The minimum atomic E-state index is -0.281. The van der Waals surface area contributed by atoms with Crippen molar-refractivity contribution in [1.82, 2.24) is 0 Å². The number of rotatable bonds is 3. The minimum Gasteiger partial charge on any atom is -0.454 e. The van der Waals surface area contributed by atoms with Gasteiger partial charge in [-0.05, 0) is 66.8 Å². The van der Waals surface area contributed by atoms with E-state index in [2.05, 4.69) is 73.0 Å². The normalized spacial score (nSPS) is 11.5. The predicted molar refractivity (Wildman–Crippen MR) is 145 cm³/mol. The number of hydrogen-bond donors (Lipinski definition) is 0. The van der Waals surface area contributed by atoms with Gasteiger partial charge in [-0.25, -0.2) is 8.96 Å². The summed E-state index contributed by atoms with van der Waals surface area (Å²) in [6.07, 6.45) is 2.03. The molecule has 0 radical (unpaired) electrons. The van der Waals surface area contributed by atoms with Crippen LogP contribution in [0.1, 0.15) is 16.7 Å². The second kappa shape index (κ2) is 8.46. The standard InChI is InChI=1S/C33H27FNO/c1-20-8-11-23(12-9-20)24-13-15-25(22(3)19-24)31-28(34)17-16-27-26-14-10-21(2)30(32(26)36-33(27)31)29-7-5-6-18-35(29)4/h5-19H,1-4H3/q+1. The van der Waals surface area contributed by atoms with Crippen molar-refractivity contribution in [2.24, 2.45) is 7.05 Å². The molecule has 0 atom stereocenters. The van der Waals surface area contributed by atoms with E-state index in [4.69, 9.17) is 4.42 Å². The third kappa shape index (κ3) is 3.51. The summed E-state index contributed by atoms with van der Waals surface area (Å²) in [5.74, 6) is -0.281. The fourth-order valence-electron chi connectivity index (χ4n) is 5.20. The lowest BCUT2D eigenvalue weighted by Gasteiger charge is -2.11. The van der Waals surface area contributed by atoms with E-state index in [1.807, 2.05) is 44.4 Å². The van der Waals surface area contributed by atoms with Gasteiger partial charge in [0.15, 0.2) is 6.20 Å². The van der Waals surface area contributed by atoms with E-state index in [1.165, 1.54) is 5.56 Å². The van der Waals surface area contributed by atoms with Gasteiger partial charge in [0.25, 0.3) is 0 Å². The Labute approximate surface area is 210 Å². The van der Waals surface area contributed by atoms with Gasteiger partial charge in [-0.15, -0.1) is 0 Å². The molecule has 0 aliphatic carbocycles. The molecule has 36 heavy (non-hydrogen) atoms. The van der Waals surface area contributed by atoms with Crippen LogP contribution < -0.4 is 4.57 Å². The van der Waals surface area contributed by atoms with Crippen LogP contribution in [0.25, 0.3) is 55.4 Å². The number of aryl methyl sites for hydroxylation is 4. The SMILES string of the molecule is Cc1ccc(-c2ccc(-c3c(F)ccc4c3oc3c(-c5cccc[n+]5C)c(C)ccc34)c(C)c2)cc1. The van der Waals surface area contributed by atoms with Crippen LogP contribution in [0.2, 0.25) is 0 Å². The smallest absolute Gasteiger partial charge is 0.216 e. The highest BCUT2D eigenvalue weighted by Gasteiger charge is 2.23. The molecule has 0 saturated heterocycles. The number of benzene rings is 4. The molecule has 4 aromatic carbocycles. The van der Waals surface area contributed by atoms with E-state index in [9.17, 15) is 0 Å². The molecule has 2 nitrogen and oxygen atoms in total. The number of pyridine rings is 1. The maximum absolute atomic E-state index is 15.5. The maximum Gasteiger partial charge on any atom is 0.216 e. The molecule has 3 heteroatoms. The van der Waals surface area contributed by atoms with Crippen LogP contribution in [0, 0.1) is 26.6 Å². The van der Waals surface area contributed by atoms with Gasteiger partial charge in [0.05, 0.1) is 11.1 Å². The molecular formula is C33H27FNO+. The molecule has 6 rings (SSSR count). The number of fused-ring (bicyclic) bond motifs is 3. The van der Waals surface area contributed by atoms with Crippen LogP contribution in [0.4, 0.5) is 4.39 Å². The van der Waals surface area contributed by atoms with Gasteiger partial charge in [-0.1, -0.05) is 60.2 Å². The summed E-state index contributed by atoms with van der Waals surface area (Å²) < 4.78 is 24.1. The zero-order valence-corrected chi connectivity index (χ0v) is 20.9. The molecule has 2 heterocycles. The Balaban J connectivity index is 1.59. The fourth-order valence-corrected chi connectivity index (χ4v) is 5.20. The van der Waals surface area contributed by atoms with Crippen molar-refractivity contribution in [1.29, 1.82) is 0 Å². The third-order valence-corrected chi connectivity index (χ3v) is 7.16. The highest BCUT2D eigenvalue weighted by molar-refractivity contribution is 6.13. The summed E-state index contributed by atoms with van der Waals surface area (Å²) in [7, 11) is 2.03. The van der Waals surface area contributed by atoms with E-state index in [0.717, 1.165) is 55.4 Å². The number of halogens is 1. The Morgan fingerprint density at radius 2 is 1.36 bits per heavy atom. The van der Waals surface area contributed by atoms with Crippen molar-refractivity contribution >= 4 is 21.9 Å². The van der Waals surface area contributed by atoms with Crippen LogP contribution in [-0.2, 0) is 7.05 Å². The predicted octanol–water partition coefficient (Wildman–Crippen LogP) is 8.48. The largest absolute Gasteiger partial charge is 0.454 e. The number of aromatic nitrogens is 1. The van der Waals surface area contributed by atoms with Crippen molar-refractivity contribution in [3.8, 4) is 33.5 Å². The second-order valence-corrected chi connectivity index (χ2v) is 9.63. The zero-order chi connectivity index (χ0) is 25.0. The second-order valence-electron chi connectivity index (χ2n) is 9.63.